The standard InChI is InChI=1S/C30H38FN7O4/c1-18-13-36-16-21(12-24(31)27(36)32-18)33-28(39)22-8-9-25(23-17-37(10-11-41-7)34-26(22)23)35-14-19(2)38(20(3)15-35)29(40)42-30(4,5)6/h8-9,12-13,16-17,19-20H,10-11,14-15H2,1-7H3,(H,33,39). The lowest BCUT2D eigenvalue weighted by Crippen LogP contribution is -2.59. The first kappa shape index (κ1) is 29.3. The molecule has 4 aromatic rings. The van der Waals surface area contributed by atoms with E-state index in [-0.39, 0.29) is 23.8 Å². The minimum absolute atomic E-state index is 0.109. The number of methoxy groups -OCH3 is 1. The summed E-state index contributed by atoms with van der Waals surface area (Å²) >= 11 is 0. The summed E-state index contributed by atoms with van der Waals surface area (Å²) < 4.78 is 28.9. The molecule has 1 aromatic carbocycles. The molecule has 1 fully saturated rings. The average Bonchev–Trinajstić information content (AvgIpc) is 3.48. The zero-order chi connectivity index (χ0) is 30.3. The summed E-state index contributed by atoms with van der Waals surface area (Å²) in [6.07, 6.45) is 4.91. The van der Waals surface area contributed by atoms with E-state index in [2.05, 4.69) is 15.2 Å². The Morgan fingerprint density at radius 3 is 2.50 bits per heavy atom. The van der Waals surface area contributed by atoms with E-state index in [1.807, 2.05) is 46.9 Å². The van der Waals surface area contributed by atoms with Crippen LogP contribution < -0.4 is 10.2 Å². The molecule has 1 aliphatic rings. The molecule has 12 heteroatoms. The number of rotatable bonds is 6. The van der Waals surface area contributed by atoms with Crippen molar-refractivity contribution in [1.29, 1.82) is 0 Å². The number of hydrogen-bond donors (Lipinski definition) is 1. The third kappa shape index (κ3) is 5.89. The molecule has 4 heterocycles. The van der Waals surface area contributed by atoms with Crippen LogP contribution in [0.4, 0.5) is 20.6 Å². The van der Waals surface area contributed by atoms with Crippen LogP contribution in [-0.4, -0.2) is 80.6 Å². The molecule has 0 bridgehead atoms. The van der Waals surface area contributed by atoms with Gasteiger partial charge in [0.2, 0.25) is 0 Å². The maximum absolute atomic E-state index is 14.7. The van der Waals surface area contributed by atoms with Gasteiger partial charge in [0.05, 0.1) is 42.2 Å². The normalized spacial score (nSPS) is 17.7. The van der Waals surface area contributed by atoms with Gasteiger partial charge in [0, 0.05) is 55.9 Å². The lowest BCUT2D eigenvalue weighted by Gasteiger charge is -2.45. The smallest absolute Gasteiger partial charge is 0.410 e. The molecule has 2 amide bonds. The lowest BCUT2D eigenvalue weighted by atomic mass is 10.0. The molecule has 2 unspecified atom stereocenters. The minimum Gasteiger partial charge on any atom is -0.444 e. The minimum atomic E-state index is -0.581. The van der Waals surface area contributed by atoms with E-state index in [1.54, 1.807) is 46.5 Å². The molecule has 1 N–H and O–H groups in total. The Hall–Kier alpha value is -4.19. The Bertz CT molecular complexity index is 1630. The van der Waals surface area contributed by atoms with E-state index in [9.17, 15) is 14.0 Å². The molecule has 2 atom stereocenters. The fraction of sp³-hybridized carbons (Fsp3) is 0.467. The van der Waals surface area contributed by atoms with Crippen LogP contribution in [0.3, 0.4) is 0 Å². The van der Waals surface area contributed by atoms with Crippen molar-refractivity contribution in [2.45, 2.75) is 65.8 Å². The number of aromatic nitrogens is 4. The Morgan fingerprint density at radius 1 is 1.12 bits per heavy atom. The molecule has 11 nitrogen and oxygen atoms in total. The molecule has 5 rings (SSSR count). The van der Waals surface area contributed by atoms with Gasteiger partial charge in [0.25, 0.3) is 5.91 Å². The summed E-state index contributed by atoms with van der Waals surface area (Å²) in [6, 6.07) is 4.69. The third-order valence-electron chi connectivity index (χ3n) is 7.22. The quantitative estimate of drug-likeness (QED) is 0.348. The predicted octanol–water partition coefficient (Wildman–Crippen LogP) is 4.86. The number of nitrogens with zero attached hydrogens (tertiary/aromatic N) is 6. The van der Waals surface area contributed by atoms with Crippen LogP contribution in [0.1, 0.15) is 50.7 Å². The summed E-state index contributed by atoms with van der Waals surface area (Å²) in [5.74, 6) is -0.936. The van der Waals surface area contributed by atoms with Crippen LogP contribution in [0.25, 0.3) is 16.6 Å². The average molecular weight is 580 g/mol. The molecule has 0 aliphatic carbocycles. The van der Waals surface area contributed by atoms with E-state index in [0.29, 0.717) is 48.7 Å². The highest BCUT2D eigenvalue weighted by atomic mass is 19.1. The summed E-state index contributed by atoms with van der Waals surface area (Å²) in [5, 5.41) is 8.36. The number of halogens is 1. The van der Waals surface area contributed by atoms with Crippen LogP contribution in [-0.2, 0) is 16.0 Å². The van der Waals surface area contributed by atoms with Gasteiger partial charge in [-0.2, -0.15) is 5.10 Å². The second kappa shape index (κ2) is 11.2. The highest BCUT2D eigenvalue weighted by molar-refractivity contribution is 6.14. The highest BCUT2D eigenvalue weighted by Crippen LogP contribution is 2.33. The number of aryl methyl sites for hydroxylation is 1. The molecule has 0 radical (unpaired) electrons. The van der Waals surface area contributed by atoms with Crippen molar-refractivity contribution in [3.63, 3.8) is 0 Å². The van der Waals surface area contributed by atoms with Crippen LogP contribution in [0.2, 0.25) is 0 Å². The fourth-order valence-corrected chi connectivity index (χ4v) is 5.54. The van der Waals surface area contributed by atoms with Gasteiger partial charge >= 0.3 is 6.09 Å². The zero-order valence-electron chi connectivity index (χ0n) is 25.1. The summed E-state index contributed by atoms with van der Waals surface area (Å²) in [4.78, 5) is 34.6. The second-order valence-electron chi connectivity index (χ2n) is 11.9. The van der Waals surface area contributed by atoms with Crippen molar-refractivity contribution in [2.75, 3.05) is 37.0 Å². The van der Waals surface area contributed by atoms with Crippen molar-refractivity contribution in [1.82, 2.24) is 24.1 Å². The Morgan fingerprint density at radius 2 is 1.83 bits per heavy atom. The van der Waals surface area contributed by atoms with Crippen molar-refractivity contribution in [2.24, 2.45) is 0 Å². The number of nitrogens with one attached hydrogen (secondary N) is 1. The van der Waals surface area contributed by atoms with Crippen LogP contribution >= 0.6 is 0 Å². The molecule has 1 aliphatic heterocycles. The SMILES string of the molecule is COCCn1cc2c(N3CC(C)N(C(=O)OC(C)(C)C)C(C)C3)ccc(C(=O)Nc3cc(F)c4nc(C)cn4c3)c2n1. The first-order chi connectivity index (χ1) is 19.8. The molecular weight excluding hydrogens is 541 g/mol. The molecule has 224 valence electrons. The van der Waals surface area contributed by atoms with Gasteiger partial charge in [0.1, 0.15) is 11.1 Å². The van der Waals surface area contributed by atoms with E-state index in [4.69, 9.17) is 14.6 Å². The number of hydrogen-bond acceptors (Lipinski definition) is 7. The van der Waals surface area contributed by atoms with Gasteiger partial charge in [-0.25, -0.2) is 14.2 Å². The number of amides is 2. The molecule has 42 heavy (non-hydrogen) atoms. The van der Waals surface area contributed by atoms with E-state index >= 15 is 0 Å². The number of piperazine rings is 1. The monoisotopic (exact) mass is 579 g/mol. The number of pyridine rings is 1. The van der Waals surface area contributed by atoms with E-state index < -0.39 is 17.3 Å². The zero-order valence-corrected chi connectivity index (χ0v) is 25.1. The topological polar surface area (TPSA) is 106 Å². The largest absolute Gasteiger partial charge is 0.444 e. The summed E-state index contributed by atoms with van der Waals surface area (Å²) in [6.45, 7) is 13.5. The number of ether oxygens (including phenoxy) is 2. The predicted molar refractivity (Wildman–Crippen MR) is 159 cm³/mol. The van der Waals surface area contributed by atoms with Gasteiger partial charge in [0.15, 0.2) is 11.5 Å². The van der Waals surface area contributed by atoms with Crippen LogP contribution in [0, 0.1) is 12.7 Å². The molecule has 0 saturated carbocycles. The van der Waals surface area contributed by atoms with Crippen LogP contribution in [0.5, 0.6) is 0 Å². The second-order valence-corrected chi connectivity index (χ2v) is 11.9. The van der Waals surface area contributed by atoms with Crippen molar-refractivity contribution < 1.29 is 23.5 Å². The number of carbonyl (C=O) groups excluding carboxylic acids is 2. The van der Waals surface area contributed by atoms with E-state index in [0.717, 1.165) is 11.1 Å². The van der Waals surface area contributed by atoms with Gasteiger partial charge in [-0.15, -0.1) is 0 Å². The summed E-state index contributed by atoms with van der Waals surface area (Å²) in [5.41, 5.74) is 2.39. The molecule has 1 saturated heterocycles. The maximum Gasteiger partial charge on any atom is 0.410 e. The Labute approximate surface area is 244 Å². The third-order valence-corrected chi connectivity index (χ3v) is 7.22. The first-order valence-electron chi connectivity index (χ1n) is 14.1. The summed E-state index contributed by atoms with van der Waals surface area (Å²) in [7, 11) is 1.62. The van der Waals surface area contributed by atoms with Crippen molar-refractivity contribution in [3.8, 4) is 0 Å². The molecule has 3 aromatic heterocycles. The number of benzene rings is 1. The highest BCUT2D eigenvalue weighted by Gasteiger charge is 2.36. The Kier molecular flexibility index (Phi) is 7.84. The van der Waals surface area contributed by atoms with E-state index in [1.165, 1.54) is 6.07 Å². The van der Waals surface area contributed by atoms with Gasteiger partial charge < -0.3 is 24.1 Å². The molecular formula is C30H38FN7O4. The van der Waals surface area contributed by atoms with Gasteiger partial charge in [-0.3, -0.25) is 14.4 Å². The van der Waals surface area contributed by atoms with Crippen molar-refractivity contribution in [3.05, 3.63) is 53.9 Å². The number of imidazole rings is 1. The molecule has 0 spiro atoms. The number of anilines is 2. The number of carbonyl (C=O) groups is 2. The first-order valence-corrected chi connectivity index (χ1v) is 14.1. The van der Waals surface area contributed by atoms with Crippen molar-refractivity contribution >= 4 is 39.9 Å². The number of fused-ring (bicyclic) bond motifs is 2. The maximum atomic E-state index is 14.7. The van der Waals surface area contributed by atoms with Gasteiger partial charge in [-0.1, -0.05) is 0 Å². The van der Waals surface area contributed by atoms with Gasteiger partial charge in [-0.05, 0) is 53.7 Å². The fourth-order valence-electron chi connectivity index (χ4n) is 5.54. The Balaban J connectivity index is 1.46. The van der Waals surface area contributed by atoms with Crippen LogP contribution in [0.15, 0.2) is 36.8 Å². The lowest BCUT2D eigenvalue weighted by molar-refractivity contribution is 0.00567.